The number of carbonyl (C=O) groups excluding carboxylic acids is 3. The largest absolute Gasteiger partial charge is 0.453 e. The van der Waals surface area contributed by atoms with Crippen LogP contribution in [-0.4, -0.2) is 28.7 Å². The summed E-state index contributed by atoms with van der Waals surface area (Å²) < 4.78 is 5.04. The zero-order valence-electron chi connectivity index (χ0n) is 13.6. The molecule has 0 aliphatic rings. The first-order chi connectivity index (χ1) is 12.0. The van der Waals surface area contributed by atoms with Crippen LogP contribution in [0.2, 0.25) is 5.02 Å². The highest BCUT2D eigenvalue weighted by atomic mass is 35.5. The van der Waals surface area contributed by atoms with Crippen LogP contribution in [0.25, 0.3) is 0 Å². The molecule has 2 rings (SSSR count). The fourth-order valence-electron chi connectivity index (χ4n) is 1.97. The summed E-state index contributed by atoms with van der Waals surface area (Å²) in [6.45, 7) is 1.45. The lowest BCUT2D eigenvalue weighted by molar-refractivity contribution is -0.153. The average Bonchev–Trinajstić information content (AvgIpc) is 2.62. The minimum atomic E-state index is -1.00. The number of Topliss-reactive ketones (excluding diaryl/α,β-unsaturated/α-hetero) is 1. The molecule has 0 spiro atoms. The first-order valence-electron chi connectivity index (χ1n) is 7.66. The monoisotopic (exact) mass is 360 g/mol. The summed E-state index contributed by atoms with van der Waals surface area (Å²) in [4.78, 5) is 39.6. The number of hydrogen-bond acceptors (Lipinski definition) is 5. The Balaban J connectivity index is 1.78. The lowest BCUT2D eigenvalue weighted by atomic mass is 10.1. The van der Waals surface area contributed by atoms with Gasteiger partial charge < -0.3 is 10.1 Å². The Kier molecular flexibility index (Phi) is 6.65. The summed E-state index contributed by atoms with van der Waals surface area (Å²) in [6.07, 6.45) is 0.320. The highest BCUT2D eigenvalue weighted by Gasteiger charge is 2.19. The van der Waals surface area contributed by atoms with Crippen molar-refractivity contribution in [1.29, 1.82) is 0 Å². The molecule has 0 aliphatic heterocycles. The van der Waals surface area contributed by atoms with Gasteiger partial charge in [0.2, 0.25) is 0 Å². The summed E-state index contributed by atoms with van der Waals surface area (Å²) in [7, 11) is 0. The molecule has 0 bridgehead atoms. The average molecular weight is 361 g/mol. The standard InChI is InChI=1S/C18H17ClN2O4/c1-12(18(24)21-16-9-7-14(19)11-20-16)25-17(23)10-8-15(22)13-5-3-2-4-6-13/h2-7,9,11-12H,8,10H2,1H3,(H,20,21,24)/t12-/m1/s1. The number of aromatic nitrogens is 1. The minimum Gasteiger partial charge on any atom is -0.453 e. The van der Waals surface area contributed by atoms with Gasteiger partial charge in [-0.3, -0.25) is 14.4 Å². The number of nitrogens with zero attached hydrogens (tertiary/aromatic N) is 1. The second-order valence-electron chi connectivity index (χ2n) is 5.27. The maximum absolute atomic E-state index is 12.0. The molecule has 0 radical (unpaired) electrons. The summed E-state index contributed by atoms with van der Waals surface area (Å²) in [6, 6.07) is 11.8. The predicted octanol–water partition coefficient (Wildman–Crippen LogP) is 3.27. The summed E-state index contributed by atoms with van der Waals surface area (Å²) in [5, 5.41) is 2.96. The lowest BCUT2D eigenvalue weighted by Crippen LogP contribution is -2.30. The van der Waals surface area contributed by atoms with Crippen molar-refractivity contribution >= 4 is 35.1 Å². The lowest BCUT2D eigenvalue weighted by Gasteiger charge is -2.13. The number of nitrogens with one attached hydrogen (secondary N) is 1. The van der Waals surface area contributed by atoms with Crippen LogP contribution < -0.4 is 5.32 Å². The topological polar surface area (TPSA) is 85.4 Å². The van der Waals surface area contributed by atoms with Gasteiger partial charge in [-0.2, -0.15) is 0 Å². The molecule has 25 heavy (non-hydrogen) atoms. The Morgan fingerprint density at radius 1 is 1.12 bits per heavy atom. The molecule has 0 unspecified atom stereocenters. The third kappa shape index (κ3) is 6.00. The van der Waals surface area contributed by atoms with Crippen LogP contribution in [0, 0.1) is 0 Å². The first kappa shape index (κ1) is 18.6. The number of anilines is 1. The van der Waals surface area contributed by atoms with Gasteiger partial charge >= 0.3 is 5.97 Å². The molecule has 2 aromatic rings. The van der Waals surface area contributed by atoms with Gasteiger partial charge in [0.25, 0.3) is 5.91 Å². The number of halogens is 1. The number of ether oxygens (including phenoxy) is 1. The molecule has 1 atom stereocenters. The molecule has 0 saturated heterocycles. The van der Waals surface area contributed by atoms with Crippen molar-refractivity contribution in [3.63, 3.8) is 0 Å². The van der Waals surface area contributed by atoms with Crippen LogP contribution in [0.15, 0.2) is 48.7 Å². The second kappa shape index (κ2) is 8.94. The molecule has 7 heteroatoms. The van der Waals surface area contributed by atoms with Crippen molar-refractivity contribution in [3.8, 4) is 0 Å². The van der Waals surface area contributed by atoms with Gasteiger partial charge in [-0.05, 0) is 19.1 Å². The summed E-state index contributed by atoms with van der Waals surface area (Å²) in [5.74, 6) is -0.981. The molecule has 0 fully saturated rings. The van der Waals surface area contributed by atoms with Gasteiger partial charge in [0.05, 0.1) is 11.4 Å². The number of hydrogen-bond donors (Lipinski definition) is 1. The van der Waals surface area contributed by atoms with Gasteiger partial charge in [-0.25, -0.2) is 4.98 Å². The van der Waals surface area contributed by atoms with Crippen molar-refractivity contribution in [3.05, 3.63) is 59.2 Å². The first-order valence-corrected chi connectivity index (χ1v) is 8.03. The van der Waals surface area contributed by atoms with Crippen molar-refractivity contribution < 1.29 is 19.1 Å². The quantitative estimate of drug-likeness (QED) is 0.605. The number of carbonyl (C=O) groups is 3. The number of benzene rings is 1. The zero-order chi connectivity index (χ0) is 18.2. The minimum absolute atomic E-state index is 0.0237. The van der Waals surface area contributed by atoms with E-state index in [1.807, 2.05) is 0 Å². The van der Waals surface area contributed by atoms with Crippen LogP contribution in [0.4, 0.5) is 5.82 Å². The molecule has 6 nitrogen and oxygen atoms in total. The summed E-state index contributed by atoms with van der Waals surface area (Å²) in [5.41, 5.74) is 0.537. The molecular formula is C18H17ClN2O4. The van der Waals surface area contributed by atoms with E-state index >= 15 is 0 Å². The van der Waals surface area contributed by atoms with Gasteiger partial charge in [-0.1, -0.05) is 41.9 Å². The Morgan fingerprint density at radius 3 is 2.48 bits per heavy atom. The van der Waals surface area contributed by atoms with Gasteiger partial charge in [0, 0.05) is 18.2 Å². The maximum Gasteiger partial charge on any atom is 0.307 e. The van der Waals surface area contributed by atoms with Gasteiger partial charge in [-0.15, -0.1) is 0 Å². The van der Waals surface area contributed by atoms with Crippen LogP contribution >= 0.6 is 11.6 Å². The maximum atomic E-state index is 12.0. The Morgan fingerprint density at radius 2 is 1.84 bits per heavy atom. The van der Waals surface area contributed by atoms with E-state index in [2.05, 4.69) is 10.3 Å². The predicted molar refractivity (Wildman–Crippen MR) is 93.4 cm³/mol. The fraction of sp³-hybridized carbons (Fsp3) is 0.222. The SMILES string of the molecule is C[C@@H](OC(=O)CCC(=O)c1ccccc1)C(=O)Nc1ccc(Cl)cn1. The molecule has 1 amide bonds. The van der Waals surface area contributed by atoms with Crippen LogP contribution in [0.5, 0.6) is 0 Å². The molecule has 0 saturated carbocycles. The molecular weight excluding hydrogens is 344 g/mol. The van der Waals surface area contributed by atoms with Gasteiger partial charge in [0.1, 0.15) is 5.82 Å². The van der Waals surface area contributed by atoms with E-state index in [1.54, 1.807) is 36.4 Å². The second-order valence-corrected chi connectivity index (χ2v) is 5.71. The van der Waals surface area contributed by atoms with E-state index < -0.39 is 18.0 Å². The molecule has 1 heterocycles. The molecule has 1 N–H and O–H groups in total. The van der Waals surface area contributed by atoms with Crippen molar-refractivity contribution in [2.24, 2.45) is 0 Å². The number of esters is 1. The van der Waals surface area contributed by atoms with Crippen LogP contribution in [-0.2, 0) is 14.3 Å². The van der Waals surface area contributed by atoms with Crippen LogP contribution in [0.3, 0.4) is 0 Å². The highest BCUT2D eigenvalue weighted by molar-refractivity contribution is 6.30. The molecule has 130 valence electrons. The Labute approximate surface area is 150 Å². The van der Waals surface area contributed by atoms with E-state index in [4.69, 9.17) is 16.3 Å². The number of amides is 1. The Bertz CT molecular complexity index is 747. The summed E-state index contributed by atoms with van der Waals surface area (Å²) >= 11 is 5.71. The van der Waals surface area contributed by atoms with Crippen molar-refractivity contribution in [1.82, 2.24) is 4.98 Å². The zero-order valence-corrected chi connectivity index (χ0v) is 14.3. The van der Waals surface area contributed by atoms with Crippen molar-refractivity contribution in [2.75, 3.05) is 5.32 Å². The van der Waals surface area contributed by atoms with E-state index in [0.717, 1.165) is 0 Å². The third-order valence-electron chi connectivity index (χ3n) is 3.31. The Hall–Kier alpha value is -2.73. The fourth-order valence-corrected chi connectivity index (χ4v) is 2.08. The van der Waals surface area contributed by atoms with E-state index in [0.29, 0.717) is 16.4 Å². The molecule has 1 aromatic carbocycles. The van der Waals surface area contributed by atoms with Crippen LogP contribution in [0.1, 0.15) is 30.1 Å². The number of pyridine rings is 1. The van der Waals surface area contributed by atoms with Gasteiger partial charge in [0.15, 0.2) is 11.9 Å². The molecule has 1 aromatic heterocycles. The number of rotatable bonds is 7. The molecule has 0 aliphatic carbocycles. The van der Waals surface area contributed by atoms with E-state index in [1.165, 1.54) is 19.2 Å². The van der Waals surface area contributed by atoms with E-state index in [-0.39, 0.29) is 18.6 Å². The smallest absolute Gasteiger partial charge is 0.307 e. The number of ketones is 1. The normalized spacial score (nSPS) is 11.4. The van der Waals surface area contributed by atoms with Crippen molar-refractivity contribution in [2.45, 2.75) is 25.9 Å². The van der Waals surface area contributed by atoms with E-state index in [9.17, 15) is 14.4 Å². The third-order valence-corrected chi connectivity index (χ3v) is 3.53. The highest BCUT2D eigenvalue weighted by Crippen LogP contribution is 2.11.